The maximum absolute atomic E-state index is 13.6. The lowest BCUT2D eigenvalue weighted by Gasteiger charge is -2.16. The lowest BCUT2D eigenvalue weighted by Crippen LogP contribution is -2.29. The van der Waals surface area contributed by atoms with Gasteiger partial charge < -0.3 is 0 Å². The van der Waals surface area contributed by atoms with Gasteiger partial charge in [0.15, 0.2) is 0 Å². The smallest absolute Gasteiger partial charge is 0.126 e. The Labute approximate surface area is 112 Å². The van der Waals surface area contributed by atoms with Gasteiger partial charge >= 0.3 is 0 Å². The Hall–Kier alpha value is -0.750. The molecule has 2 nitrogen and oxygen atoms in total. The van der Waals surface area contributed by atoms with Gasteiger partial charge in [0.25, 0.3) is 0 Å². The van der Waals surface area contributed by atoms with Crippen LogP contribution >= 0.6 is 27.3 Å². The van der Waals surface area contributed by atoms with Crippen LogP contribution < -0.4 is 11.3 Å². The highest BCUT2D eigenvalue weighted by Crippen LogP contribution is 2.29. The van der Waals surface area contributed by atoms with Crippen LogP contribution in [0.3, 0.4) is 0 Å². The quantitative estimate of drug-likeness (QED) is 0.670. The van der Waals surface area contributed by atoms with Crippen molar-refractivity contribution in [3.05, 3.63) is 56.4 Å². The molecule has 0 saturated heterocycles. The van der Waals surface area contributed by atoms with Crippen molar-refractivity contribution in [3.63, 3.8) is 0 Å². The summed E-state index contributed by atoms with van der Waals surface area (Å²) in [5.74, 6) is 5.35. The summed E-state index contributed by atoms with van der Waals surface area (Å²) in [4.78, 5) is 0. The molecule has 0 bridgehead atoms. The summed E-state index contributed by atoms with van der Waals surface area (Å²) in [6.45, 7) is 0. The average Bonchev–Trinajstić information content (AvgIpc) is 2.75. The molecule has 5 heteroatoms. The lowest BCUT2D eigenvalue weighted by atomic mass is 10.0. The number of hydrazine groups is 1. The highest BCUT2D eigenvalue weighted by atomic mass is 79.9. The molecule has 0 amide bonds. The van der Waals surface area contributed by atoms with Gasteiger partial charge in [-0.3, -0.25) is 11.3 Å². The van der Waals surface area contributed by atoms with E-state index >= 15 is 0 Å². The van der Waals surface area contributed by atoms with E-state index in [2.05, 4.69) is 21.4 Å². The highest BCUT2D eigenvalue weighted by molar-refractivity contribution is 9.10. The molecular formula is C12H12BrFN2S. The molecule has 0 saturated carbocycles. The number of halogens is 2. The molecule has 0 radical (unpaired) electrons. The Morgan fingerprint density at radius 3 is 2.71 bits per heavy atom. The molecule has 3 N–H and O–H groups in total. The molecule has 0 spiro atoms. The summed E-state index contributed by atoms with van der Waals surface area (Å²) >= 11 is 5.05. The van der Waals surface area contributed by atoms with Crippen LogP contribution in [0, 0.1) is 5.82 Å². The van der Waals surface area contributed by atoms with Gasteiger partial charge in [-0.05, 0) is 44.9 Å². The fourth-order valence-corrected chi connectivity index (χ4v) is 3.31. The summed E-state index contributed by atoms with van der Waals surface area (Å²) in [6, 6.07) is 6.66. The van der Waals surface area contributed by atoms with Crippen molar-refractivity contribution in [1.29, 1.82) is 0 Å². The number of thiophene rings is 1. The molecule has 17 heavy (non-hydrogen) atoms. The van der Waals surface area contributed by atoms with Crippen molar-refractivity contribution in [3.8, 4) is 0 Å². The van der Waals surface area contributed by atoms with Gasteiger partial charge in [0.2, 0.25) is 0 Å². The molecule has 2 rings (SSSR count). The molecular weight excluding hydrogens is 303 g/mol. The predicted octanol–water partition coefficient (Wildman–Crippen LogP) is 3.40. The summed E-state index contributed by atoms with van der Waals surface area (Å²) in [7, 11) is 0. The van der Waals surface area contributed by atoms with Gasteiger partial charge in [0, 0.05) is 9.85 Å². The van der Waals surface area contributed by atoms with Crippen molar-refractivity contribution >= 4 is 27.3 Å². The van der Waals surface area contributed by atoms with Crippen LogP contribution in [-0.2, 0) is 6.42 Å². The normalized spacial score (nSPS) is 12.6. The first-order valence-corrected chi connectivity index (χ1v) is 6.87. The van der Waals surface area contributed by atoms with Crippen molar-refractivity contribution in [1.82, 2.24) is 5.43 Å². The fourth-order valence-electron chi connectivity index (χ4n) is 1.68. The third-order valence-corrected chi connectivity index (χ3v) is 4.35. The van der Waals surface area contributed by atoms with E-state index in [1.165, 1.54) is 6.07 Å². The van der Waals surface area contributed by atoms with Crippen LogP contribution in [0.2, 0.25) is 0 Å². The van der Waals surface area contributed by atoms with Gasteiger partial charge in [0.05, 0.1) is 6.04 Å². The SMILES string of the molecule is NNC(Cc1ccccc1F)c1cscc1Br. The number of rotatable bonds is 4. The van der Waals surface area contributed by atoms with E-state index in [1.807, 2.05) is 16.8 Å². The standard InChI is InChI=1S/C12H12BrFN2S/c13-10-7-17-6-9(10)12(16-15)5-8-3-1-2-4-11(8)14/h1-4,6-7,12,16H,5,15H2. The lowest BCUT2D eigenvalue weighted by molar-refractivity contribution is 0.529. The Kier molecular flexibility index (Phi) is 4.28. The van der Waals surface area contributed by atoms with Crippen molar-refractivity contribution in [2.75, 3.05) is 0 Å². The van der Waals surface area contributed by atoms with E-state index in [9.17, 15) is 4.39 Å². The number of benzene rings is 1. The average molecular weight is 315 g/mol. The van der Waals surface area contributed by atoms with E-state index in [0.717, 1.165) is 10.0 Å². The molecule has 1 atom stereocenters. The van der Waals surface area contributed by atoms with E-state index < -0.39 is 0 Å². The molecule has 1 aromatic heterocycles. The summed E-state index contributed by atoms with van der Waals surface area (Å²) in [6.07, 6.45) is 0.526. The third kappa shape index (κ3) is 2.93. The topological polar surface area (TPSA) is 38.0 Å². The van der Waals surface area contributed by atoms with Gasteiger partial charge in [-0.25, -0.2) is 4.39 Å². The molecule has 0 aliphatic carbocycles. The van der Waals surface area contributed by atoms with Gasteiger partial charge in [-0.1, -0.05) is 18.2 Å². The molecule has 90 valence electrons. The second-order valence-electron chi connectivity index (χ2n) is 3.69. The number of nitrogens with two attached hydrogens (primary N) is 1. The van der Waals surface area contributed by atoms with E-state index in [1.54, 1.807) is 23.5 Å². The van der Waals surface area contributed by atoms with Crippen LogP contribution in [0.4, 0.5) is 4.39 Å². The molecule has 1 heterocycles. The number of hydrogen-bond donors (Lipinski definition) is 2. The van der Waals surface area contributed by atoms with Gasteiger partial charge in [-0.2, -0.15) is 11.3 Å². The minimum atomic E-state index is -0.195. The molecule has 0 aliphatic heterocycles. The minimum absolute atomic E-state index is 0.0903. The largest absolute Gasteiger partial charge is 0.271 e. The van der Waals surface area contributed by atoms with Crippen molar-refractivity contribution in [2.45, 2.75) is 12.5 Å². The maximum atomic E-state index is 13.6. The molecule has 0 fully saturated rings. The minimum Gasteiger partial charge on any atom is -0.271 e. The number of hydrogen-bond acceptors (Lipinski definition) is 3. The van der Waals surface area contributed by atoms with E-state index in [4.69, 9.17) is 5.84 Å². The second kappa shape index (κ2) is 5.73. The van der Waals surface area contributed by atoms with Crippen LogP contribution in [0.5, 0.6) is 0 Å². The monoisotopic (exact) mass is 314 g/mol. The van der Waals surface area contributed by atoms with Gasteiger partial charge in [0.1, 0.15) is 5.82 Å². The first kappa shape index (κ1) is 12.7. The van der Waals surface area contributed by atoms with Crippen molar-refractivity contribution in [2.24, 2.45) is 5.84 Å². The van der Waals surface area contributed by atoms with Gasteiger partial charge in [-0.15, -0.1) is 0 Å². The fraction of sp³-hybridized carbons (Fsp3) is 0.167. The van der Waals surface area contributed by atoms with Crippen LogP contribution in [0.15, 0.2) is 39.5 Å². The first-order valence-electron chi connectivity index (χ1n) is 5.13. The highest BCUT2D eigenvalue weighted by Gasteiger charge is 2.16. The molecule has 1 aromatic carbocycles. The first-order chi connectivity index (χ1) is 8.22. The zero-order valence-corrected chi connectivity index (χ0v) is 11.4. The summed E-state index contributed by atoms with van der Waals surface area (Å²) < 4.78 is 14.6. The molecule has 1 unspecified atom stereocenters. The van der Waals surface area contributed by atoms with E-state index in [-0.39, 0.29) is 11.9 Å². The van der Waals surface area contributed by atoms with E-state index in [0.29, 0.717) is 12.0 Å². The molecule has 2 aromatic rings. The predicted molar refractivity (Wildman–Crippen MR) is 72.2 cm³/mol. The third-order valence-electron chi connectivity index (χ3n) is 2.60. The molecule has 0 aliphatic rings. The second-order valence-corrected chi connectivity index (χ2v) is 5.29. The van der Waals surface area contributed by atoms with Crippen LogP contribution in [-0.4, -0.2) is 0 Å². The van der Waals surface area contributed by atoms with Crippen LogP contribution in [0.1, 0.15) is 17.2 Å². The summed E-state index contributed by atoms with van der Waals surface area (Å²) in [5.41, 5.74) is 4.45. The Balaban J connectivity index is 2.22. The van der Waals surface area contributed by atoms with Crippen LogP contribution in [0.25, 0.3) is 0 Å². The zero-order valence-electron chi connectivity index (χ0n) is 8.99. The Morgan fingerprint density at radius 1 is 1.35 bits per heavy atom. The Morgan fingerprint density at radius 2 is 2.12 bits per heavy atom. The maximum Gasteiger partial charge on any atom is 0.126 e. The Bertz CT molecular complexity index is 501. The van der Waals surface area contributed by atoms with Crippen molar-refractivity contribution < 1.29 is 4.39 Å². The zero-order chi connectivity index (χ0) is 12.3. The number of nitrogens with one attached hydrogen (secondary N) is 1. The summed E-state index contributed by atoms with van der Waals surface area (Å²) in [5, 5.41) is 4.00.